The van der Waals surface area contributed by atoms with Gasteiger partial charge in [0.2, 0.25) is 0 Å². The molecule has 1 atom stereocenters. The molecule has 120 valence electrons. The van der Waals surface area contributed by atoms with Crippen LogP contribution in [-0.2, 0) is 0 Å². The van der Waals surface area contributed by atoms with Crippen LogP contribution in [0.2, 0.25) is 0 Å². The molecule has 1 aliphatic rings. The minimum Gasteiger partial charge on any atom is -0.312 e. The van der Waals surface area contributed by atoms with Gasteiger partial charge in [0, 0.05) is 11.6 Å². The van der Waals surface area contributed by atoms with Gasteiger partial charge in [0.1, 0.15) is 0 Å². The van der Waals surface area contributed by atoms with E-state index in [2.05, 4.69) is 38.2 Å². The van der Waals surface area contributed by atoms with Crippen molar-refractivity contribution < 1.29 is 0 Å². The maximum Gasteiger partial charge on any atom is 0.0356 e. The zero-order chi connectivity index (χ0) is 14.8. The molecule has 0 radical (unpaired) electrons. The highest BCUT2D eigenvalue weighted by Crippen LogP contribution is 2.36. The Morgan fingerprint density at radius 1 is 0.950 bits per heavy atom. The van der Waals surface area contributed by atoms with Crippen LogP contribution in [0.3, 0.4) is 0 Å². The standard InChI is InChI=1S/C18H38N2/c1-5-7-10-13-17(19-16-6-2)18(20(3)4)14-11-8-9-12-15-18/h17,19H,5-16H2,1-4H3. The number of rotatable bonds is 9. The van der Waals surface area contributed by atoms with Crippen molar-refractivity contribution in [2.24, 2.45) is 0 Å². The number of nitrogens with one attached hydrogen (secondary N) is 1. The lowest BCUT2D eigenvalue weighted by Gasteiger charge is -2.46. The van der Waals surface area contributed by atoms with Gasteiger partial charge in [0.15, 0.2) is 0 Å². The second kappa shape index (κ2) is 9.78. The normalized spacial score (nSPS) is 20.9. The van der Waals surface area contributed by atoms with E-state index in [-0.39, 0.29) is 0 Å². The molecule has 2 heteroatoms. The van der Waals surface area contributed by atoms with Crippen LogP contribution in [0.1, 0.15) is 84.5 Å². The van der Waals surface area contributed by atoms with Crippen LogP contribution < -0.4 is 5.32 Å². The minimum atomic E-state index is 0.402. The molecule has 0 aliphatic heterocycles. The molecule has 1 saturated carbocycles. The minimum absolute atomic E-state index is 0.402. The van der Waals surface area contributed by atoms with Gasteiger partial charge < -0.3 is 10.2 Å². The van der Waals surface area contributed by atoms with E-state index in [1.54, 1.807) is 0 Å². The smallest absolute Gasteiger partial charge is 0.0356 e. The molecule has 0 bridgehead atoms. The van der Waals surface area contributed by atoms with Crippen molar-refractivity contribution in [3.8, 4) is 0 Å². The summed E-state index contributed by atoms with van der Waals surface area (Å²) in [5.74, 6) is 0. The van der Waals surface area contributed by atoms with Crippen LogP contribution in [-0.4, -0.2) is 37.1 Å². The van der Waals surface area contributed by atoms with Crippen LogP contribution in [0, 0.1) is 0 Å². The molecule has 20 heavy (non-hydrogen) atoms. The first kappa shape index (κ1) is 18.0. The monoisotopic (exact) mass is 282 g/mol. The first-order valence-electron chi connectivity index (χ1n) is 9.08. The summed E-state index contributed by atoms with van der Waals surface area (Å²) >= 11 is 0. The SMILES string of the molecule is CCCCCC(NCCC)C1(N(C)C)CCCCCC1. The number of hydrogen-bond donors (Lipinski definition) is 1. The van der Waals surface area contributed by atoms with Crippen LogP contribution in [0.25, 0.3) is 0 Å². The summed E-state index contributed by atoms with van der Waals surface area (Å²) in [6.07, 6.45) is 15.2. The molecule has 0 saturated heterocycles. The quantitative estimate of drug-likeness (QED) is 0.491. The van der Waals surface area contributed by atoms with Crippen molar-refractivity contribution in [2.75, 3.05) is 20.6 Å². The fourth-order valence-electron chi connectivity index (χ4n) is 3.93. The first-order chi connectivity index (χ1) is 9.67. The Morgan fingerprint density at radius 3 is 2.10 bits per heavy atom. The number of hydrogen-bond acceptors (Lipinski definition) is 2. The van der Waals surface area contributed by atoms with Gasteiger partial charge in [-0.2, -0.15) is 0 Å². The topological polar surface area (TPSA) is 15.3 Å². The van der Waals surface area contributed by atoms with Crippen LogP contribution in [0.5, 0.6) is 0 Å². The molecule has 1 N–H and O–H groups in total. The van der Waals surface area contributed by atoms with E-state index < -0.39 is 0 Å². The Morgan fingerprint density at radius 2 is 1.60 bits per heavy atom. The van der Waals surface area contributed by atoms with Crippen molar-refractivity contribution in [1.82, 2.24) is 10.2 Å². The Balaban J connectivity index is 2.77. The van der Waals surface area contributed by atoms with Crippen LogP contribution in [0.15, 0.2) is 0 Å². The van der Waals surface area contributed by atoms with E-state index in [0.717, 1.165) is 0 Å². The van der Waals surface area contributed by atoms with Crippen LogP contribution >= 0.6 is 0 Å². The van der Waals surface area contributed by atoms with Crippen molar-refractivity contribution >= 4 is 0 Å². The Labute approximate surface area is 127 Å². The van der Waals surface area contributed by atoms with Gasteiger partial charge in [-0.3, -0.25) is 0 Å². The van der Waals surface area contributed by atoms with E-state index in [1.165, 1.54) is 77.2 Å². The summed E-state index contributed by atoms with van der Waals surface area (Å²) in [7, 11) is 4.62. The third-order valence-electron chi connectivity index (χ3n) is 5.25. The van der Waals surface area contributed by atoms with Crippen LogP contribution in [0.4, 0.5) is 0 Å². The summed E-state index contributed by atoms with van der Waals surface area (Å²) in [4.78, 5) is 2.55. The Hall–Kier alpha value is -0.0800. The van der Waals surface area contributed by atoms with Gasteiger partial charge in [0.05, 0.1) is 0 Å². The number of unbranched alkanes of at least 4 members (excludes halogenated alkanes) is 2. The molecule has 0 aromatic heterocycles. The zero-order valence-corrected chi connectivity index (χ0v) is 14.5. The summed E-state index contributed by atoms with van der Waals surface area (Å²) in [5, 5.41) is 3.91. The molecular weight excluding hydrogens is 244 g/mol. The Kier molecular flexibility index (Phi) is 8.79. The third-order valence-corrected chi connectivity index (χ3v) is 5.25. The molecule has 2 nitrogen and oxygen atoms in total. The summed E-state index contributed by atoms with van der Waals surface area (Å²) in [6, 6.07) is 0.682. The Bertz CT molecular complexity index is 230. The highest BCUT2D eigenvalue weighted by Gasteiger charge is 2.40. The molecule has 1 aliphatic carbocycles. The average molecular weight is 283 g/mol. The third kappa shape index (κ3) is 5.04. The molecule has 1 unspecified atom stereocenters. The van der Waals surface area contributed by atoms with Crippen molar-refractivity contribution in [2.45, 2.75) is 96.1 Å². The lowest BCUT2D eigenvalue weighted by atomic mass is 9.79. The van der Waals surface area contributed by atoms with Gasteiger partial charge in [-0.05, 0) is 46.3 Å². The van der Waals surface area contributed by atoms with Gasteiger partial charge in [0.25, 0.3) is 0 Å². The molecule has 0 spiro atoms. The average Bonchev–Trinajstić information content (AvgIpc) is 2.69. The number of nitrogens with zero attached hydrogens (tertiary/aromatic N) is 1. The zero-order valence-electron chi connectivity index (χ0n) is 14.5. The molecule has 1 rings (SSSR count). The lowest BCUT2D eigenvalue weighted by Crippen LogP contribution is -2.59. The van der Waals surface area contributed by atoms with Gasteiger partial charge in [-0.25, -0.2) is 0 Å². The predicted octanol–water partition coefficient (Wildman–Crippen LogP) is 4.59. The molecule has 0 aromatic carbocycles. The van der Waals surface area contributed by atoms with Gasteiger partial charge >= 0.3 is 0 Å². The maximum absolute atomic E-state index is 3.91. The second-order valence-electron chi connectivity index (χ2n) is 6.91. The first-order valence-corrected chi connectivity index (χ1v) is 9.08. The lowest BCUT2D eigenvalue weighted by molar-refractivity contribution is 0.0750. The van der Waals surface area contributed by atoms with E-state index in [1.807, 2.05) is 0 Å². The molecule has 0 heterocycles. The van der Waals surface area contributed by atoms with Crippen molar-refractivity contribution in [3.63, 3.8) is 0 Å². The van der Waals surface area contributed by atoms with E-state index in [0.29, 0.717) is 11.6 Å². The van der Waals surface area contributed by atoms with Gasteiger partial charge in [-0.15, -0.1) is 0 Å². The fourth-order valence-corrected chi connectivity index (χ4v) is 3.93. The highest BCUT2D eigenvalue weighted by atomic mass is 15.2. The van der Waals surface area contributed by atoms with Gasteiger partial charge in [-0.1, -0.05) is 58.8 Å². The van der Waals surface area contributed by atoms with Crippen molar-refractivity contribution in [3.05, 3.63) is 0 Å². The predicted molar refractivity (Wildman–Crippen MR) is 90.3 cm³/mol. The van der Waals surface area contributed by atoms with E-state index in [9.17, 15) is 0 Å². The highest BCUT2D eigenvalue weighted by molar-refractivity contribution is 4.99. The molecule has 0 aromatic rings. The number of likely N-dealkylation sites (N-methyl/N-ethyl adjacent to an activating group) is 1. The summed E-state index contributed by atoms with van der Waals surface area (Å²) in [5.41, 5.74) is 0.402. The molecule has 1 fully saturated rings. The van der Waals surface area contributed by atoms with Crippen molar-refractivity contribution in [1.29, 1.82) is 0 Å². The summed E-state index contributed by atoms with van der Waals surface area (Å²) < 4.78 is 0. The maximum atomic E-state index is 3.91. The van der Waals surface area contributed by atoms with E-state index >= 15 is 0 Å². The molecular formula is C18H38N2. The van der Waals surface area contributed by atoms with E-state index in [4.69, 9.17) is 0 Å². The molecule has 0 amide bonds. The largest absolute Gasteiger partial charge is 0.312 e. The fraction of sp³-hybridized carbons (Fsp3) is 1.00. The summed E-state index contributed by atoms with van der Waals surface area (Å²) in [6.45, 7) is 5.76. The second-order valence-corrected chi connectivity index (χ2v) is 6.91.